The second kappa shape index (κ2) is 12.7. The Labute approximate surface area is 361 Å². The van der Waals surface area contributed by atoms with Crippen molar-refractivity contribution in [2.24, 2.45) is 0 Å². The van der Waals surface area contributed by atoms with Crippen molar-refractivity contribution in [2.45, 2.75) is 0 Å². The summed E-state index contributed by atoms with van der Waals surface area (Å²) in [5, 5.41) is 0. The van der Waals surface area contributed by atoms with E-state index in [0.29, 0.717) is 0 Å². The minimum Gasteiger partial charge on any atom is -0.282 e. The number of benzene rings is 8. The van der Waals surface area contributed by atoms with E-state index in [0.717, 1.165) is 102 Å². The van der Waals surface area contributed by atoms with Crippen LogP contribution in [0.5, 0.6) is 0 Å². The molecular weight excluding hydrogens is 793 g/mol. The Morgan fingerprint density at radius 3 is 1.17 bits per heavy atom. The molecule has 2 aliphatic heterocycles. The van der Waals surface area contributed by atoms with Gasteiger partial charge >= 0.3 is 8.72 Å². The summed E-state index contributed by atoms with van der Waals surface area (Å²) >= 11 is 0. The second-order valence-electron chi connectivity index (χ2n) is 16.0. The molecule has 0 saturated heterocycles. The number of hydrogen-bond acceptors (Lipinski definition) is 6. The van der Waals surface area contributed by atoms with Crippen LogP contribution in [0.25, 0.3) is 66.4 Å². The van der Waals surface area contributed by atoms with Crippen molar-refractivity contribution < 1.29 is 0 Å². The number of fused-ring (bicyclic) bond motifs is 16. The third-order valence-corrected chi connectivity index (χ3v) is 16.8. The van der Waals surface area contributed by atoms with Crippen LogP contribution in [0.4, 0.5) is 35.2 Å². The van der Waals surface area contributed by atoms with Crippen LogP contribution >= 0.6 is 0 Å². The molecule has 4 aromatic heterocycles. The summed E-state index contributed by atoms with van der Waals surface area (Å²) in [6.07, 6.45) is 0. The molecular formula is C52H34N10Si. The van der Waals surface area contributed by atoms with E-state index in [2.05, 4.69) is 233 Å². The molecule has 14 rings (SSSR count). The van der Waals surface area contributed by atoms with Crippen molar-refractivity contribution in [3.8, 4) is 22.3 Å². The van der Waals surface area contributed by atoms with Crippen LogP contribution in [-0.4, -0.2) is 45.6 Å². The van der Waals surface area contributed by atoms with Gasteiger partial charge in [0.2, 0.25) is 23.8 Å². The zero-order chi connectivity index (χ0) is 41.2. The highest BCUT2D eigenvalue weighted by Crippen LogP contribution is 2.53. The Bertz CT molecular complexity index is 3620. The normalized spacial score (nSPS) is 13.8. The molecule has 0 fully saturated rings. The topological polar surface area (TPSA) is 77.8 Å². The van der Waals surface area contributed by atoms with Crippen LogP contribution in [0, 0.1) is 0 Å². The Balaban J connectivity index is 1.19. The summed E-state index contributed by atoms with van der Waals surface area (Å²) in [6.45, 7) is 0. The largest absolute Gasteiger partial charge is 0.531 e. The molecule has 12 aromatic rings. The molecule has 0 aliphatic carbocycles. The van der Waals surface area contributed by atoms with Gasteiger partial charge in [0.25, 0.3) is 0 Å². The van der Waals surface area contributed by atoms with Crippen LogP contribution in [0.2, 0.25) is 0 Å². The van der Waals surface area contributed by atoms with Gasteiger partial charge in [0.05, 0.1) is 55.5 Å². The van der Waals surface area contributed by atoms with Gasteiger partial charge in [-0.3, -0.25) is 21.8 Å². The van der Waals surface area contributed by atoms with Crippen LogP contribution in [0.1, 0.15) is 0 Å². The van der Waals surface area contributed by atoms with Crippen LogP contribution in [0.3, 0.4) is 0 Å². The molecule has 0 amide bonds. The molecule has 8 aromatic carbocycles. The summed E-state index contributed by atoms with van der Waals surface area (Å²) < 4.78 is 10.1. The molecule has 0 radical (unpaired) electrons. The predicted molar refractivity (Wildman–Crippen MR) is 254 cm³/mol. The lowest BCUT2D eigenvalue weighted by Crippen LogP contribution is -2.68. The van der Waals surface area contributed by atoms with Gasteiger partial charge in [-0.25, -0.2) is 24.8 Å². The first-order chi connectivity index (χ1) is 31.3. The van der Waals surface area contributed by atoms with Gasteiger partial charge < -0.3 is 0 Å². The highest BCUT2D eigenvalue weighted by Gasteiger charge is 2.62. The minimum absolute atomic E-state index is 0.765. The molecule has 0 atom stereocenters. The van der Waals surface area contributed by atoms with Gasteiger partial charge in [-0.1, -0.05) is 140 Å². The van der Waals surface area contributed by atoms with Gasteiger partial charge in [0.15, 0.2) is 0 Å². The molecule has 6 heterocycles. The van der Waals surface area contributed by atoms with E-state index in [-0.39, 0.29) is 0 Å². The number of aromatic nitrogens is 8. The van der Waals surface area contributed by atoms with Gasteiger partial charge in [0.1, 0.15) is 0 Å². The maximum absolute atomic E-state index is 5.65. The smallest absolute Gasteiger partial charge is 0.282 e. The molecule has 0 saturated carbocycles. The lowest BCUT2D eigenvalue weighted by molar-refractivity contribution is 0.784. The molecule has 63 heavy (non-hydrogen) atoms. The average Bonchev–Trinajstić information content (AvgIpc) is 4.13. The van der Waals surface area contributed by atoms with Crippen LogP contribution < -0.4 is 9.80 Å². The van der Waals surface area contributed by atoms with E-state index in [4.69, 9.17) is 19.9 Å². The molecule has 10 nitrogen and oxygen atoms in total. The van der Waals surface area contributed by atoms with Crippen molar-refractivity contribution in [2.75, 3.05) is 9.80 Å². The lowest BCUT2D eigenvalue weighted by Gasteiger charge is -2.47. The van der Waals surface area contributed by atoms with Crippen LogP contribution in [0.15, 0.2) is 206 Å². The maximum atomic E-state index is 5.65. The number of anilines is 6. The summed E-state index contributed by atoms with van der Waals surface area (Å²) in [6, 6.07) is 72.5. The number of imidazole rings is 4. The fourth-order valence-corrected chi connectivity index (χ4v) is 15.0. The van der Waals surface area contributed by atoms with Gasteiger partial charge in [-0.15, -0.1) is 0 Å². The number of rotatable bonds is 4. The molecule has 0 bridgehead atoms. The van der Waals surface area contributed by atoms with Crippen molar-refractivity contribution >= 4 is 88.0 Å². The summed E-state index contributed by atoms with van der Waals surface area (Å²) in [4.78, 5) is 27.1. The van der Waals surface area contributed by atoms with Crippen molar-refractivity contribution in [1.82, 2.24) is 36.9 Å². The number of para-hydroxylation sites is 9. The zero-order valence-corrected chi connectivity index (χ0v) is 34.6. The Hall–Kier alpha value is -8.54. The molecule has 11 heteroatoms. The zero-order valence-electron chi connectivity index (χ0n) is 33.6. The van der Waals surface area contributed by atoms with Crippen LogP contribution in [-0.2, 0) is 0 Å². The van der Waals surface area contributed by atoms with Gasteiger partial charge in [-0.2, -0.15) is 0 Å². The molecule has 296 valence electrons. The van der Waals surface area contributed by atoms with E-state index < -0.39 is 8.72 Å². The summed E-state index contributed by atoms with van der Waals surface area (Å²) in [5.41, 5.74) is 13.9. The SMILES string of the molecule is c1ccc(-c2cccc(N3c4nc5ccccc5n4[Si]4(n5c3nc3ccccc35)n3c(nc5ccccc53)N(c3ccccc3-c3ccccc3)c3nc5ccccc5n34)c2)cc1. The molecule has 2 aliphatic rings. The fraction of sp³-hybridized carbons (Fsp3) is 0. The highest BCUT2D eigenvalue weighted by atomic mass is 28.4. The summed E-state index contributed by atoms with van der Waals surface area (Å²) in [5.74, 6) is 3.06. The first-order valence-electron chi connectivity index (χ1n) is 21.1. The number of nitrogens with zero attached hydrogens (tertiary/aromatic N) is 10. The number of hydrogen-bond donors (Lipinski definition) is 0. The third-order valence-electron chi connectivity index (χ3n) is 12.6. The van der Waals surface area contributed by atoms with E-state index in [1.165, 1.54) is 0 Å². The Kier molecular flexibility index (Phi) is 6.92. The van der Waals surface area contributed by atoms with Gasteiger partial charge in [0, 0.05) is 5.56 Å². The first kappa shape index (κ1) is 34.2. The predicted octanol–water partition coefficient (Wildman–Crippen LogP) is 11.9. The third kappa shape index (κ3) is 4.55. The van der Waals surface area contributed by atoms with E-state index >= 15 is 0 Å². The highest BCUT2D eigenvalue weighted by molar-refractivity contribution is 6.79. The lowest BCUT2D eigenvalue weighted by atomic mass is 10.0. The molecule has 0 N–H and O–H groups in total. The minimum atomic E-state index is -3.89. The van der Waals surface area contributed by atoms with E-state index in [1.807, 2.05) is 0 Å². The Morgan fingerprint density at radius 1 is 0.302 bits per heavy atom. The van der Waals surface area contributed by atoms with Crippen molar-refractivity contribution in [1.29, 1.82) is 0 Å². The summed E-state index contributed by atoms with van der Waals surface area (Å²) in [7, 11) is -3.89. The molecule has 1 spiro atoms. The second-order valence-corrected chi connectivity index (χ2v) is 19.0. The maximum Gasteiger partial charge on any atom is 0.531 e. The van der Waals surface area contributed by atoms with Crippen molar-refractivity contribution in [3.63, 3.8) is 0 Å². The monoisotopic (exact) mass is 826 g/mol. The average molecular weight is 827 g/mol. The van der Waals surface area contributed by atoms with Gasteiger partial charge in [-0.05, 0) is 83.4 Å². The fourth-order valence-electron chi connectivity index (χ4n) is 10.0. The first-order valence-corrected chi connectivity index (χ1v) is 22.9. The Morgan fingerprint density at radius 2 is 0.683 bits per heavy atom. The van der Waals surface area contributed by atoms with E-state index in [1.54, 1.807) is 0 Å². The van der Waals surface area contributed by atoms with Crippen molar-refractivity contribution in [3.05, 3.63) is 206 Å². The molecule has 0 unspecified atom stereocenters. The van der Waals surface area contributed by atoms with E-state index in [9.17, 15) is 0 Å². The quantitative estimate of drug-likeness (QED) is 0.164. The standard InChI is InChI=1S/C52H34N10Si/c1-3-18-35(19-4-1)37-22-17-23-38(34-37)57-49-53-40-25-8-13-30-45(40)59(49)63(60-46-31-14-9-26-41(46)54-50(57)60)61-47-32-15-10-27-42(47)55-51(61)58(52-56-43-28-11-16-33-48(43)62(52)63)44-29-12-7-24-39(44)36-20-5-2-6-21-36/h1-34H.